The number of carbonyl (C=O) groups is 3. The van der Waals surface area contributed by atoms with Gasteiger partial charge >= 0.3 is 12.1 Å². The second-order valence-electron chi connectivity index (χ2n) is 7.69. The lowest BCUT2D eigenvalue weighted by Crippen LogP contribution is -2.53. The van der Waals surface area contributed by atoms with Crippen molar-refractivity contribution in [2.45, 2.75) is 72.6 Å². The van der Waals surface area contributed by atoms with Gasteiger partial charge in [-0.25, -0.2) is 14.0 Å². The van der Waals surface area contributed by atoms with Crippen LogP contribution in [0.1, 0.15) is 54.9 Å². The maximum absolute atomic E-state index is 12.7. The van der Waals surface area contributed by atoms with Gasteiger partial charge in [0.05, 0.1) is 7.11 Å². The van der Waals surface area contributed by atoms with Crippen molar-refractivity contribution in [1.29, 1.82) is 0 Å². The van der Waals surface area contributed by atoms with Crippen molar-refractivity contribution < 1.29 is 23.9 Å². The summed E-state index contributed by atoms with van der Waals surface area (Å²) in [7, 11) is 1.25. The van der Waals surface area contributed by atoms with Crippen LogP contribution in [0, 0.1) is 11.8 Å². The minimum Gasteiger partial charge on any atom is -0.467 e. The number of nitrogens with one attached hydrogen (secondary N) is 1. The standard InChI is InChI=1S/C17H31ClN2O5/c1-10(2)9-12(20(18)16(23)25-17(5,6)7)14(21)19-13(11(3)4)15(22)24-8/h10-13H,9H2,1-8H3,(H,19,21)/t12-,13+/m0/s1. The van der Waals surface area contributed by atoms with E-state index in [1.54, 1.807) is 34.6 Å². The third-order valence-corrected chi connectivity index (χ3v) is 3.63. The van der Waals surface area contributed by atoms with E-state index >= 15 is 0 Å². The van der Waals surface area contributed by atoms with Gasteiger partial charge < -0.3 is 14.8 Å². The van der Waals surface area contributed by atoms with Gasteiger partial charge in [0.1, 0.15) is 17.7 Å². The minimum absolute atomic E-state index is 0.0927. The Hall–Kier alpha value is -1.50. The fourth-order valence-electron chi connectivity index (χ4n) is 2.06. The van der Waals surface area contributed by atoms with E-state index in [0.717, 1.165) is 4.42 Å². The molecule has 7 nitrogen and oxygen atoms in total. The number of carbonyl (C=O) groups excluding carboxylic acids is 3. The summed E-state index contributed by atoms with van der Waals surface area (Å²) in [5.41, 5.74) is -0.741. The van der Waals surface area contributed by atoms with E-state index in [1.807, 2.05) is 13.8 Å². The Kier molecular flexibility index (Phi) is 9.26. The fraction of sp³-hybridized carbons (Fsp3) is 0.824. The van der Waals surface area contributed by atoms with Gasteiger partial charge in [0.15, 0.2) is 0 Å². The molecule has 2 amide bonds. The molecule has 8 heteroatoms. The zero-order chi connectivity index (χ0) is 19.9. The second-order valence-corrected chi connectivity index (χ2v) is 8.05. The summed E-state index contributed by atoms with van der Waals surface area (Å²) in [5.74, 6) is -1.17. The van der Waals surface area contributed by atoms with Gasteiger partial charge in [0.2, 0.25) is 5.91 Å². The van der Waals surface area contributed by atoms with E-state index < -0.39 is 35.7 Å². The van der Waals surface area contributed by atoms with E-state index in [9.17, 15) is 14.4 Å². The molecule has 0 saturated carbocycles. The van der Waals surface area contributed by atoms with Crippen molar-refractivity contribution in [2.75, 3.05) is 7.11 Å². The Morgan fingerprint density at radius 1 is 1.12 bits per heavy atom. The van der Waals surface area contributed by atoms with Crippen LogP contribution in [0.2, 0.25) is 0 Å². The molecule has 0 fully saturated rings. The van der Waals surface area contributed by atoms with Crippen LogP contribution in [0.25, 0.3) is 0 Å². The molecule has 146 valence electrons. The van der Waals surface area contributed by atoms with Crippen molar-refractivity contribution in [1.82, 2.24) is 9.74 Å². The molecule has 0 aromatic heterocycles. The van der Waals surface area contributed by atoms with Gasteiger partial charge in [-0.05, 0) is 39.0 Å². The number of hydrogen-bond donors (Lipinski definition) is 1. The number of esters is 1. The number of ether oxygens (including phenoxy) is 2. The fourth-order valence-corrected chi connectivity index (χ4v) is 2.26. The van der Waals surface area contributed by atoms with Crippen LogP contribution in [-0.4, -0.2) is 47.2 Å². The van der Waals surface area contributed by atoms with Gasteiger partial charge in [-0.2, -0.15) is 0 Å². The average Bonchev–Trinajstić information content (AvgIpc) is 2.46. The highest BCUT2D eigenvalue weighted by molar-refractivity contribution is 6.22. The SMILES string of the molecule is COC(=O)[C@H](NC(=O)[C@H](CC(C)C)N(Cl)C(=O)OC(C)(C)C)C(C)C. The minimum atomic E-state index is -0.970. The van der Waals surface area contributed by atoms with Crippen LogP contribution < -0.4 is 5.32 Å². The molecule has 0 bridgehead atoms. The van der Waals surface area contributed by atoms with Crippen LogP contribution in [0.5, 0.6) is 0 Å². The van der Waals surface area contributed by atoms with Gasteiger partial charge in [0, 0.05) is 11.8 Å². The molecule has 0 saturated heterocycles. The maximum Gasteiger partial charge on any atom is 0.425 e. The highest BCUT2D eigenvalue weighted by atomic mass is 35.5. The maximum atomic E-state index is 12.7. The normalized spacial score (nSPS) is 14.0. The predicted molar refractivity (Wildman–Crippen MR) is 96.0 cm³/mol. The van der Waals surface area contributed by atoms with E-state index in [2.05, 4.69) is 5.32 Å². The molecule has 0 aromatic rings. The number of rotatable bonds is 7. The van der Waals surface area contributed by atoms with Crippen LogP contribution in [-0.2, 0) is 19.1 Å². The largest absolute Gasteiger partial charge is 0.467 e. The predicted octanol–water partition coefficient (Wildman–Crippen LogP) is 3.11. The topological polar surface area (TPSA) is 84.9 Å². The van der Waals surface area contributed by atoms with Crippen molar-refractivity contribution in [3.63, 3.8) is 0 Å². The first-order valence-corrected chi connectivity index (χ1v) is 8.70. The van der Waals surface area contributed by atoms with Gasteiger partial charge in [-0.15, -0.1) is 0 Å². The number of hydrogen-bond acceptors (Lipinski definition) is 5. The molecule has 0 rings (SSSR count). The van der Waals surface area contributed by atoms with Crippen molar-refractivity contribution >= 4 is 29.7 Å². The van der Waals surface area contributed by atoms with Crippen molar-refractivity contribution in [3.8, 4) is 0 Å². The first-order valence-electron chi connectivity index (χ1n) is 8.36. The van der Waals surface area contributed by atoms with E-state index in [1.165, 1.54) is 7.11 Å². The Balaban J connectivity index is 5.33. The first kappa shape index (κ1) is 23.5. The second kappa shape index (κ2) is 9.85. The Morgan fingerprint density at radius 3 is 2.00 bits per heavy atom. The molecule has 0 aliphatic carbocycles. The molecule has 0 heterocycles. The molecule has 0 unspecified atom stereocenters. The van der Waals surface area contributed by atoms with Gasteiger partial charge in [-0.3, -0.25) is 4.79 Å². The summed E-state index contributed by atoms with van der Waals surface area (Å²) >= 11 is 6.10. The van der Waals surface area contributed by atoms with Gasteiger partial charge in [0.25, 0.3) is 0 Å². The summed E-state index contributed by atoms with van der Waals surface area (Å²) in [6.45, 7) is 12.5. The highest BCUT2D eigenvalue weighted by Gasteiger charge is 2.35. The third kappa shape index (κ3) is 8.43. The number of amides is 2. The molecular weight excluding hydrogens is 348 g/mol. The molecule has 0 aliphatic rings. The number of nitrogens with zero attached hydrogens (tertiary/aromatic N) is 1. The molecule has 0 aliphatic heterocycles. The zero-order valence-electron chi connectivity index (χ0n) is 16.4. The lowest BCUT2D eigenvalue weighted by Gasteiger charge is -2.30. The van der Waals surface area contributed by atoms with Crippen molar-refractivity contribution in [3.05, 3.63) is 0 Å². The quantitative estimate of drug-likeness (QED) is 0.543. The molecule has 0 radical (unpaired) electrons. The molecule has 0 spiro atoms. The molecule has 2 atom stereocenters. The summed E-state index contributed by atoms with van der Waals surface area (Å²) in [6.07, 6.45) is -0.491. The van der Waals surface area contributed by atoms with E-state index in [4.69, 9.17) is 21.3 Å². The van der Waals surface area contributed by atoms with Gasteiger partial charge in [-0.1, -0.05) is 27.7 Å². The van der Waals surface area contributed by atoms with E-state index in [0.29, 0.717) is 6.42 Å². The van der Waals surface area contributed by atoms with Crippen LogP contribution >= 0.6 is 11.8 Å². The van der Waals surface area contributed by atoms with Crippen LogP contribution in [0.3, 0.4) is 0 Å². The Labute approximate surface area is 155 Å². The third-order valence-electron chi connectivity index (χ3n) is 3.26. The first-order chi connectivity index (χ1) is 11.3. The monoisotopic (exact) mass is 378 g/mol. The highest BCUT2D eigenvalue weighted by Crippen LogP contribution is 2.19. The Morgan fingerprint density at radius 2 is 1.64 bits per heavy atom. The zero-order valence-corrected chi connectivity index (χ0v) is 17.1. The molecule has 25 heavy (non-hydrogen) atoms. The summed E-state index contributed by atoms with van der Waals surface area (Å²) in [5, 5.41) is 2.62. The number of halogens is 1. The summed E-state index contributed by atoms with van der Waals surface area (Å²) in [6, 6.07) is -1.79. The average molecular weight is 379 g/mol. The van der Waals surface area contributed by atoms with Crippen LogP contribution in [0.4, 0.5) is 4.79 Å². The number of methoxy groups -OCH3 is 1. The molecule has 1 N–H and O–H groups in total. The molecular formula is C17H31ClN2O5. The van der Waals surface area contributed by atoms with Crippen molar-refractivity contribution in [2.24, 2.45) is 11.8 Å². The Bertz CT molecular complexity index is 474. The van der Waals surface area contributed by atoms with Crippen LogP contribution in [0.15, 0.2) is 0 Å². The smallest absolute Gasteiger partial charge is 0.425 e. The van der Waals surface area contributed by atoms with E-state index in [-0.39, 0.29) is 11.8 Å². The lowest BCUT2D eigenvalue weighted by molar-refractivity contribution is -0.146. The summed E-state index contributed by atoms with van der Waals surface area (Å²) in [4.78, 5) is 36.7. The lowest BCUT2D eigenvalue weighted by atomic mass is 10.0. The summed E-state index contributed by atoms with van der Waals surface area (Å²) < 4.78 is 10.7. The molecule has 0 aromatic carbocycles.